The first-order valence-electron chi connectivity index (χ1n) is 9.32. The van der Waals surface area contributed by atoms with Crippen molar-refractivity contribution in [2.24, 2.45) is 0 Å². The van der Waals surface area contributed by atoms with Gasteiger partial charge >= 0.3 is 5.97 Å². The van der Waals surface area contributed by atoms with E-state index in [9.17, 15) is 18.0 Å². The largest absolute Gasteiger partial charge is 0.495 e. The van der Waals surface area contributed by atoms with Crippen molar-refractivity contribution < 1.29 is 27.5 Å². The fourth-order valence-corrected chi connectivity index (χ4v) is 4.50. The van der Waals surface area contributed by atoms with Crippen LogP contribution in [0.15, 0.2) is 53.4 Å². The number of para-hydroxylation sites is 2. The second-order valence-corrected chi connectivity index (χ2v) is 9.02. The second-order valence-electron chi connectivity index (χ2n) is 6.29. The zero-order chi connectivity index (χ0) is 23.3. The zero-order valence-corrected chi connectivity index (χ0v) is 19.1. The number of amides is 1. The van der Waals surface area contributed by atoms with E-state index in [2.05, 4.69) is 14.9 Å². The lowest BCUT2D eigenvalue weighted by Crippen LogP contribution is -2.27. The maximum atomic E-state index is 13.0. The van der Waals surface area contributed by atoms with E-state index in [4.69, 9.17) is 9.47 Å². The molecular weight excluding hydrogens is 456 g/mol. The number of aromatic nitrogens is 2. The lowest BCUT2D eigenvalue weighted by atomic mass is 10.2. The summed E-state index contributed by atoms with van der Waals surface area (Å²) in [7, 11) is -1.02. The van der Waals surface area contributed by atoms with E-state index in [0.717, 1.165) is 15.8 Å². The van der Waals surface area contributed by atoms with Crippen LogP contribution in [0.2, 0.25) is 0 Å². The van der Waals surface area contributed by atoms with Crippen LogP contribution in [0.5, 0.6) is 5.75 Å². The van der Waals surface area contributed by atoms with Crippen molar-refractivity contribution in [3.8, 4) is 5.75 Å². The number of anilines is 2. The van der Waals surface area contributed by atoms with Crippen molar-refractivity contribution in [3.05, 3.63) is 59.8 Å². The Labute approximate surface area is 189 Å². The molecule has 1 N–H and O–H groups in total. The number of nitrogens with zero attached hydrogens (tertiary/aromatic N) is 3. The fraction of sp³-hybridized carbons (Fsp3) is 0.200. The van der Waals surface area contributed by atoms with Gasteiger partial charge in [-0.05, 0) is 43.3 Å². The van der Waals surface area contributed by atoms with Gasteiger partial charge in [-0.25, -0.2) is 13.2 Å². The normalized spacial score (nSPS) is 11.0. The summed E-state index contributed by atoms with van der Waals surface area (Å²) in [5, 5.41) is 6.36. The summed E-state index contributed by atoms with van der Waals surface area (Å²) in [5.74, 6) is -0.842. The number of carbonyl (C=O) groups excluding carboxylic acids is 2. The van der Waals surface area contributed by atoms with E-state index in [1.54, 1.807) is 31.2 Å². The molecule has 1 aromatic heterocycles. The quantitative estimate of drug-likeness (QED) is 0.492. The average Bonchev–Trinajstić information content (AvgIpc) is 3.27. The van der Waals surface area contributed by atoms with Gasteiger partial charge in [0.05, 0.1) is 24.3 Å². The van der Waals surface area contributed by atoms with Crippen molar-refractivity contribution in [1.82, 2.24) is 9.59 Å². The van der Waals surface area contributed by atoms with Crippen LogP contribution in [0, 0.1) is 0 Å². The molecule has 0 aliphatic heterocycles. The van der Waals surface area contributed by atoms with Crippen LogP contribution in [0.25, 0.3) is 0 Å². The van der Waals surface area contributed by atoms with E-state index in [0.29, 0.717) is 11.4 Å². The Hall–Kier alpha value is -3.51. The summed E-state index contributed by atoms with van der Waals surface area (Å²) in [6.45, 7) is 1.81. The molecule has 0 saturated carbocycles. The smallest absolute Gasteiger partial charge is 0.362 e. The maximum Gasteiger partial charge on any atom is 0.362 e. The first-order chi connectivity index (χ1) is 15.3. The van der Waals surface area contributed by atoms with Gasteiger partial charge in [-0.3, -0.25) is 9.10 Å². The molecule has 0 radical (unpaired) electrons. The molecule has 0 bridgehead atoms. The van der Waals surface area contributed by atoms with Crippen LogP contribution >= 0.6 is 11.5 Å². The van der Waals surface area contributed by atoms with Crippen LogP contribution in [0.1, 0.15) is 27.8 Å². The Morgan fingerprint density at radius 3 is 2.47 bits per heavy atom. The molecule has 0 fully saturated rings. The summed E-state index contributed by atoms with van der Waals surface area (Å²) in [4.78, 5) is 24.4. The highest BCUT2D eigenvalue weighted by atomic mass is 32.2. The molecule has 0 saturated heterocycles. The zero-order valence-electron chi connectivity index (χ0n) is 17.4. The van der Waals surface area contributed by atoms with E-state index in [-0.39, 0.29) is 27.8 Å². The van der Waals surface area contributed by atoms with Crippen molar-refractivity contribution in [2.75, 3.05) is 30.4 Å². The monoisotopic (exact) mass is 476 g/mol. The van der Waals surface area contributed by atoms with Gasteiger partial charge in [-0.15, -0.1) is 5.10 Å². The van der Waals surface area contributed by atoms with Crippen molar-refractivity contribution in [3.63, 3.8) is 0 Å². The number of methoxy groups -OCH3 is 1. The number of ether oxygens (including phenoxy) is 2. The molecule has 0 aliphatic carbocycles. The Kier molecular flexibility index (Phi) is 7.05. The minimum atomic E-state index is -3.90. The van der Waals surface area contributed by atoms with Crippen LogP contribution in [-0.4, -0.2) is 50.6 Å². The number of sulfonamides is 1. The third kappa shape index (κ3) is 4.70. The Morgan fingerprint density at radius 1 is 1.12 bits per heavy atom. The predicted octanol–water partition coefficient (Wildman–Crippen LogP) is 2.80. The molecule has 0 spiro atoms. The van der Waals surface area contributed by atoms with Crippen LogP contribution < -0.4 is 14.4 Å². The topological polar surface area (TPSA) is 128 Å². The second kappa shape index (κ2) is 9.75. The number of benzene rings is 2. The molecule has 12 heteroatoms. The van der Waals surface area contributed by atoms with Gasteiger partial charge in [0, 0.05) is 24.1 Å². The number of hydrogen-bond acceptors (Lipinski definition) is 9. The minimum absolute atomic E-state index is 0.00544. The molecule has 0 unspecified atom stereocenters. The van der Waals surface area contributed by atoms with Crippen molar-refractivity contribution in [2.45, 2.75) is 11.8 Å². The third-order valence-electron chi connectivity index (χ3n) is 4.38. The molecule has 0 aliphatic rings. The SMILES string of the molecule is CCOC(=O)c1nnsc1NC(=O)c1ccc(S(=O)(=O)N(C)c2ccccc2OC)cc1. The van der Waals surface area contributed by atoms with Gasteiger partial charge in [0.2, 0.25) is 5.69 Å². The maximum absolute atomic E-state index is 13.0. The Bertz CT molecular complexity index is 1220. The van der Waals surface area contributed by atoms with E-state index < -0.39 is 21.9 Å². The molecule has 3 aromatic rings. The van der Waals surface area contributed by atoms with Gasteiger partial charge in [-0.2, -0.15) is 0 Å². The number of esters is 1. The molecule has 1 heterocycles. The van der Waals surface area contributed by atoms with E-state index >= 15 is 0 Å². The predicted molar refractivity (Wildman–Crippen MR) is 119 cm³/mol. The molecule has 168 valence electrons. The summed E-state index contributed by atoms with van der Waals surface area (Å²) in [6, 6.07) is 12.1. The van der Waals surface area contributed by atoms with Crippen molar-refractivity contribution in [1.29, 1.82) is 0 Å². The van der Waals surface area contributed by atoms with Gasteiger partial charge in [0.1, 0.15) is 5.75 Å². The first-order valence-corrected chi connectivity index (χ1v) is 11.5. The molecule has 3 rings (SSSR count). The van der Waals surface area contributed by atoms with Gasteiger partial charge in [0.25, 0.3) is 15.9 Å². The lowest BCUT2D eigenvalue weighted by Gasteiger charge is -2.21. The first kappa shape index (κ1) is 23.2. The van der Waals surface area contributed by atoms with E-state index in [1.807, 2.05) is 0 Å². The van der Waals surface area contributed by atoms with Crippen molar-refractivity contribution >= 4 is 44.1 Å². The van der Waals surface area contributed by atoms with Crippen LogP contribution in [-0.2, 0) is 14.8 Å². The van der Waals surface area contributed by atoms with Gasteiger partial charge in [0.15, 0.2) is 5.00 Å². The van der Waals surface area contributed by atoms with Crippen LogP contribution in [0.3, 0.4) is 0 Å². The fourth-order valence-electron chi connectivity index (χ4n) is 2.74. The lowest BCUT2D eigenvalue weighted by molar-refractivity contribution is 0.0520. The number of rotatable bonds is 8. The molecule has 32 heavy (non-hydrogen) atoms. The molecule has 0 atom stereocenters. The standard InChI is InChI=1S/C20H20N4O6S2/c1-4-30-20(26)17-19(31-23-22-17)21-18(25)13-9-11-14(12-10-13)32(27,28)24(2)15-7-5-6-8-16(15)29-3/h5-12H,4H2,1-3H3,(H,21,25). The Balaban J connectivity index is 1.79. The number of hydrogen-bond donors (Lipinski definition) is 1. The number of carbonyl (C=O) groups is 2. The molecule has 10 nitrogen and oxygen atoms in total. The summed E-state index contributed by atoms with van der Waals surface area (Å²) >= 11 is 0.831. The summed E-state index contributed by atoms with van der Waals surface area (Å²) in [6.07, 6.45) is 0. The third-order valence-corrected chi connectivity index (χ3v) is 6.81. The highest BCUT2D eigenvalue weighted by Crippen LogP contribution is 2.31. The van der Waals surface area contributed by atoms with Gasteiger partial charge < -0.3 is 14.8 Å². The average molecular weight is 477 g/mol. The van der Waals surface area contributed by atoms with Gasteiger partial charge in [-0.1, -0.05) is 16.6 Å². The van der Waals surface area contributed by atoms with E-state index in [1.165, 1.54) is 38.4 Å². The molecule has 2 aromatic carbocycles. The highest BCUT2D eigenvalue weighted by molar-refractivity contribution is 7.92. The molecule has 1 amide bonds. The van der Waals surface area contributed by atoms with Crippen LogP contribution in [0.4, 0.5) is 10.7 Å². The summed E-state index contributed by atoms with van der Waals surface area (Å²) in [5.41, 5.74) is 0.468. The molecular formula is C20H20N4O6S2. The summed E-state index contributed by atoms with van der Waals surface area (Å²) < 4.78 is 40.9. The Morgan fingerprint density at radius 2 is 1.81 bits per heavy atom. The number of nitrogens with one attached hydrogen (secondary N) is 1. The minimum Gasteiger partial charge on any atom is -0.495 e. The highest BCUT2D eigenvalue weighted by Gasteiger charge is 2.24.